The standard InChI is InChI=1S/C15H17N3O/c1-2-13(11-6-4-3-5-7-11)18-15(19)14-9-8-12(16)10-17-14/h3-10,13H,2,16H2,1H3,(H,18,19). The van der Waals surface area contributed by atoms with Crippen LogP contribution in [0.15, 0.2) is 48.7 Å². The van der Waals surface area contributed by atoms with Gasteiger partial charge < -0.3 is 11.1 Å². The highest BCUT2D eigenvalue weighted by molar-refractivity contribution is 5.92. The minimum atomic E-state index is -0.185. The Morgan fingerprint density at radius 1 is 1.26 bits per heavy atom. The Balaban J connectivity index is 2.10. The number of nitrogens with zero attached hydrogens (tertiary/aromatic N) is 1. The van der Waals surface area contributed by atoms with Crippen molar-refractivity contribution in [2.24, 2.45) is 0 Å². The van der Waals surface area contributed by atoms with E-state index in [1.54, 1.807) is 12.1 Å². The molecule has 0 saturated heterocycles. The highest BCUT2D eigenvalue weighted by atomic mass is 16.1. The Kier molecular flexibility index (Phi) is 4.13. The van der Waals surface area contributed by atoms with Crippen molar-refractivity contribution < 1.29 is 4.79 Å². The van der Waals surface area contributed by atoms with Crippen LogP contribution in [0, 0.1) is 0 Å². The zero-order valence-corrected chi connectivity index (χ0v) is 10.8. The largest absolute Gasteiger partial charge is 0.397 e. The average molecular weight is 255 g/mol. The predicted molar refractivity (Wildman–Crippen MR) is 75.6 cm³/mol. The molecule has 98 valence electrons. The van der Waals surface area contributed by atoms with Gasteiger partial charge in [0.15, 0.2) is 0 Å². The molecule has 0 bridgehead atoms. The van der Waals surface area contributed by atoms with Gasteiger partial charge in [0.1, 0.15) is 5.69 Å². The van der Waals surface area contributed by atoms with E-state index in [2.05, 4.69) is 10.3 Å². The molecule has 0 saturated carbocycles. The number of nitrogen functional groups attached to an aromatic ring is 1. The smallest absolute Gasteiger partial charge is 0.270 e. The molecule has 2 rings (SSSR count). The zero-order valence-electron chi connectivity index (χ0n) is 10.8. The molecular formula is C15H17N3O. The fourth-order valence-corrected chi connectivity index (χ4v) is 1.88. The Labute approximate surface area is 112 Å². The minimum Gasteiger partial charge on any atom is -0.397 e. The van der Waals surface area contributed by atoms with Crippen LogP contribution in [0.5, 0.6) is 0 Å². The quantitative estimate of drug-likeness (QED) is 0.882. The number of anilines is 1. The number of amides is 1. The Morgan fingerprint density at radius 2 is 2.00 bits per heavy atom. The van der Waals surface area contributed by atoms with E-state index in [0.717, 1.165) is 12.0 Å². The highest BCUT2D eigenvalue weighted by Gasteiger charge is 2.14. The SMILES string of the molecule is CCC(NC(=O)c1ccc(N)cn1)c1ccccc1. The van der Waals surface area contributed by atoms with Gasteiger partial charge in [0.25, 0.3) is 5.91 Å². The summed E-state index contributed by atoms with van der Waals surface area (Å²) >= 11 is 0. The second kappa shape index (κ2) is 6.00. The summed E-state index contributed by atoms with van der Waals surface area (Å²) in [6.07, 6.45) is 2.31. The molecule has 3 N–H and O–H groups in total. The van der Waals surface area contributed by atoms with Gasteiger partial charge in [0, 0.05) is 0 Å². The van der Waals surface area contributed by atoms with E-state index >= 15 is 0 Å². The number of benzene rings is 1. The van der Waals surface area contributed by atoms with Crippen molar-refractivity contribution in [3.05, 3.63) is 59.9 Å². The molecule has 1 unspecified atom stereocenters. The molecule has 0 aliphatic carbocycles. The second-order valence-corrected chi connectivity index (χ2v) is 4.32. The van der Waals surface area contributed by atoms with E-state index in [1.165, 1.54) is 6.20 Å². The summed E-state index contributed by atoms with van der Waals surface area (Å²) < 4.78 is 0. The normalized spacial score (nSPS) is 11.8. The fourth-order valence-electron chi connectivity index (χ4n) is 1.88. The minimum absolute atomic E-state index is 0.00643. The fraction of sp³-hybridized carbons (Fsp3) is 0.200. The topological polar surface area (TPSA) is 68.0 Å². The second-order valence-electron chi connectivity index (χ2n) is 4.32. The third kappa shape index (κ3) is 3.31. The lowest BCUT2D eigenvalue weighted by Gasteiger charge is -2.17. The summed E-state index contributed by atoms with van der Waals surface area (Å²) in [5.74, 6) is -0.185. The van der Waals surface area contributed by atoms with Crippen molar-refractivity contribution in [2.75, 3.05) is 5.73 Å². The van der Waals surface area contributed by atoms with E-state index in [1.807, 2.05) is 37.3 Å². The third-order valence-corrected chi connectivity index (χ3v) is 2.93. The van der Waals surface area contributed by atoms with Gasteiger partial charge in [0.2, 0.25) is 0 Å². The van der Waals surface area contributed by atoms with Crippen LogP contribution < -0.4 is 11.1 Å². The summed E-state index contributed by atoms with van der Waals surface area (Å²) in [5.41, 5.74) is 7.57. The first-order valence-electron chi connectivity index (χ1n) is 6.28. The molecule has 0 aliphatic rings. The third-order valence-electron chi connectivity index (χ3n) is 2.93. The van der Waals surface area contributed by atoms with Gasteiger partial charge in [0.05, 0.1) is 17.9 Å². The Hall–Kier alpha value is -2.36. The van der Waals surface area contributed by atoms with Gasteiger partial charge in [-0.15, -0.1) is 0 Å². The molecular weight excluding hydrogens is 238 g/mol. The predicted octanol–water partition coefficient (Wildman–Crippen LogP) is 2.54. The van der Waals surface area contributed by atoms with E-state index in [-0.39, 0.29) is 11.9 Å². The van der Waals surface area contributed by atoms with Crippen LogP contribution in [-0.2, 0) is 0 Å². The number of hydrogen-bond acceptors (Lipinski definition) is 3. The van der Waals surface area contributed by atoms with Crippen molar-refractivity contribution in [2.45, 2.75) is 19.4 Å². The number of carbonyl (C=O) groups is 1. The molecule has 0 fully saturated rings. The number of hydrogen-bond donors (Lipinski definition) is 2. The lowest BCUT2D eigenvalue weighted by Crippen LogP contribution is -2.28. The van der Waals surface area contributed by atoms with Gasteiger partial charge in [-0.3, -0.25) is 4.79 Å². The van der Waals surface area contributed by atoms with Crippen LogP contribution in [0.4, 0.5) is 5.69 Å². The molecule has 1 aromatic heterocycles. The van der Waals surface area contributed by atoms with Crippen molar-refractivity contribution in [1.29, 1.82) is 0 Å². The summed E-state index contributed by atoms with van der Waals surface area (Å²) in [5, 5.41) is 2.98. The van der Waals surface area contributed by atoms with Gasteiger partial charge >= 0.3 is 0 Å². The van der Waals surface area contributed by atoms with Crippen LogP contribution in [0.25, 0.3) is 0 Å². The maximum atomic E-state index is 12.1. The number of pyridine rings is 1. The first kappa shape index (κ1) is 13.1. The molecule has 0 spiro atoms. The van der Waals surface area contributed by atoms with Gasteiger partial charge in [-0.1, -0.05) is 37.3 Å². The highest BCUT2D eigenvalue weighted by Crippen LogP contribution is 2.16. The number of nitrogens with two attached hydrogens (primary N) is 1. The molecule has 2 aromatic rings. The maximum absolute atomic E-state index is 12.1. The van der Waals surface area contributed by atoms with E-state index < -0.39 is 0 Å². The molecule has 1 amide bonds. The lowest BCUT2D eigenvalue weighted by molar-refractivity contribution is 0.0930. The Morgan fingerprint density at radius 3 is 2.58 bits per heavy atom. The molecule has 0 radical (unpaired) electrons. The van der Waals surface area contributed by atoms with Crippen molar-refractivity contribution in [3.63, 3.8) is 0 Å². The average Bonchev–Trinajstić information content (AvgIpc) is 2.46. The number of rotatable bonds is 4. The number of aromatic nitrogens is 1. The van der Waals surface area contributed by atoms with E-state index in [4.69, 9.17) is 5.73 Å². The Bertz CT molecular complexity index is 537. The van der Waals surface area contributed by atoms with Crippen LogP contribution in [0.3, 0.4) is 0 Å². The van der Waals surface area contributed by atoms with Gasteiger partial charge in [-0.2, -0.15) is 0 Å². The zero-order chi connectivity index (χ0) is 13.7. The van der Waals surface area contributed by atoms with E-state index in [9.17, 15) is 4.79 Å². The van der Waals surface area contributed by atoms with Gasteiger partial charge in [-0.25, -0.2) is 4.98 Å². The molecule has 1 atom stereocenters. The molecule has 1 heterocycles. The first-order chi connectivity index (χ1) is 9.20. The molecule has 0 aliphatic heterocycles. The number of nitrogens with one attached hydrogen (secondary N) is 1. The summed E-state index contributed by atoms with van der Waals surface area (Å²) in [7, 11) is 0. The first-order valence-corrected chi connectivity index (χ1v) is 6.28. The number of carbonyl (C=O) groups excluding carboxylic acids is 1. The van der Waals surface area contributed by atoms with Crippen LogP contribution in [-0.4, -0.2) is 10.9 Å². The monoisotopic (exact) mass is 255 g/mol. The summed E-state index contributed by atoms with van der Waals surface area (Å²) in [6, 6.07) is 13.2. The van der Waals surface area contributed by atoms with Gasteiger partial charge in [-0.05, 0) is 24.1 Å². The lowest BCUT2D eigenvalue weighted by atomic mass is 10.0. The van der Waals surface area contributed by atoms with E-state index in [0.29, 0.717) is 11.4 Å². The van der Waals surface area contributed by atoms with Crippen molar-refractivity contribution in [3.8, 4) is 0 Å². The molecule has 4 nitrogen and oxygen atoms in total. The maximum Gasteiger partial charge on any atom is 0.270 e. The molecule has 4 heteroatoms. The van der Waals surface area contributed by atoms with Crippen LogP contribution in [0.2, 0.25) is 0 Å². The molecule has 1 aromatic carbocycles. The molecule has 19 heavy (non-hydrogen) atoms. The summed E-state index contributed by atoms with van der Waals surface area (Å²) in [4.78, 5) is 16.1. The van der Waals surface area contributed by atoms with Crippen molar-refractivity contribution in [1.82, 2.24) is 10.3 Å². The summed E-state index contributed by atoms with van der Waals surface area (Å²) in [6.45, 7) is 2.04. The van der Waals surface area contributed by atoms with Crippen LogP contribution >= 0.6 is 0 Å². The van der Waals surface area contributed by atoms with Crippen LogP contribution in [0.1, 0.15) is 35.4 Å². The van der Waals surface area contributed by atoms with Crippen molar-refractivity contribution >= 4 is 11.6 Å².